The van der Waals surface area contributed by atoms with E-state index in [0.717, 1.165) is 30.1 Å². The number of hydrogen-bond donors (Lipinski definition) is 1. The molecule has 7 nitrogen and oxygen atoms in total. The Bertz CT molecular complexity index is 1180. The molecule has 1 N–H and O–H groups in total. The lowest BCUT2D eigenvalue weighted by molar-refractivity contribution is 0.0996. The first-order chi connectivity index (χ1) is 14.2. The molecule has 4 aromatic rings. The molecule has 0 radical (unpaired) electrons. The van der Waals surface area contributed by atoms with Crippen LogP contribution < -0.4 is 15.0 Å². The molecule has 0 atom stereocenters. The van der Waals surface area contributed by atoms with Crippen molar-refractivity contribution in [2.75, 3.05) is 23.9 Å². The lowest BCUT2D eigenvalue weighted by atomic mass is 10.2. The molecular weight excluding hydrogens is 368 g/mol. The van der Waals surface area contributed by atoms with E-state index in [2.05, 4.69) is 20.9 Å². The van der Waals surface area contributed by atoms with Crippen LogP contribution in [-0.4, -0.2) is 29.1 Å². The highest BCUT2D eigenvalue weighted by atomic mass is 16.5. The molecule has 146 valence electrons. The van der Waals surface area contributed by atoms with Crippen molar-refractivity contribution >= 4 is 28.3 Å². The van der Waals surface area contributed by atoms with Crippen LogP contribution in [0.25, 0.3) is 11.0 Å². The minimum absolute atomic E-state index is 0.254. The van der Waals surface area contributed by atoms with Crippen molar-refractivity contribution in [2.45, 2.75) is 13.1 Å². The van der Waals surface area contributed by atoms with E-state index in [1.165, 1.54) is 11.8 Å². The summed E-state index contributed by atoms with van der Waals surface area (Å²) >= 11 is 0. The van der Waals surface area contributed by atoms with Gasteiger partial charge in [-0.25, -0.2) is 4.98 Å². The molecule has 0 saturated heterocycles. The van der Waals surface area contributed by atoms with E-state index in [4.69, 9.17) is 14.1 Å². The number of para-hydroxylation sites is 2. The van der Waals surface area contributed by atoms with Crippen LogP contribution >= 0.6 is 0 Å². The zero-order valence-electron chi connectivity index (χ0n) is 16.0. The van der Waals surface area contributed by atoms with Gasteiger partial charge in [0, 0.05) is 18.8 Å². The SMILES string of the molecule is COc1ccc(N2CCn3c(nc4ccccc43)C2)cc1NC(=O)c1ccco1. The minimum atomic E-state index is -0.314. The number of anilines is 2. The number of benzene rings is 2. The van der Waals surface area contributed by atoms with Gasteiger partial charge < -0.3 is 23.9 Å². The van der Waals surface area contributed by atoms with Crippen molar-refractivity contribution < 1.29 is 13.9 Å². The van der Waals surface area contributed by atoms with E-state index in [1.54, 1.807) is 19.2 Å². The molecule has 0 fully saturated rings. The van der Waals surface area contributed by atoms with Crippen molar-refractivity contribution in [2.24, 2.45) is 0 Å². The standard InChI is InChI=1S/C22H20N4O3/c1-28-19-9-8-15(13-17(19)24-22(27)20-7-4-12-29-20)25-10-11-26-18-6-3-2-5-16(18)23-21(26)14-25/h2-9,12-13H,10-11,14H2,1H3,(H,24,27). The fourth-order valence-electron chi connectivity index (χ4n) is 3.77. The number of aromatic nitrogens is 2. The average Bonchev–Trinajstić information content (AvgIpc) is 3.41. The molecule has 29 heavy (non-hydrogen) atoms. The van der Waals surface area contributed by atoms with Crippen LogP contribution in [0.3, 0.4) is 0 Å². The van der Waals surface area contributed by atoms with Gasteiger partial charge in [-0.2, -0.15) is 0 Å². The summed E-state index contributed by atoms with van der Waals surface area (Å²) < 4.78 is 12.9. The highest BCUT2D eigenvalue weighted by Gasteiger charge is 2.21. The van der Waals surface area contributed by atoms with Gasteiger partial charge in [-0.3, -0.25) is 4.79 Å². The predicted octanol–water partition coefficient (Wildman–Crippen LogP) is 3.91. The maximum atomic E-state index is 12.4. The molecule has 0 bridgehead atoms. The highest BCUT2D eigenvalue weighted by Crippen LogP contribution is 2.32. The van der Waals surface area contributed by atoms with Crippen LogP contribution in [0.1, 0.15) is 16.4 Å². The first kappa shape index (κ1) is 17.4. The fourth-order valence-corrected chi connectivity index (χ4v) is 3.77. The van der Waals surface area contributed by atoms with Crippen LogP contribution in [-0.2, 0) is 13.1 Å². The van der Waals surface area contributed by atoms with Crippen molar-refractivity contribution in [1.29, 1.82) is 0 Å². The first-order valence-corrected chi connectivity index (χ1v) is 9.45. The summed E-state index contributed by atoms with van der Waals surface area (Å²) in [7, 11) is 1.58. The molecule has 0 spiro atoms. The second kappa shape index (κ2) is 7.01. The third kappa shape index (κ3) is 3.10. The molecule has 0 unspecified atom stereocenters. The number of hydrogen-bond acceptors (Lipinski definition) is 5. The van der Waals surface area contributed by atoms with Crippen molar-refractivity contribution in [3.63, 3.8) is 0 Å². The Morgan fingerprint density at radius 3 is 2.86 bits per heavy atom. The maximum absolute atomic E-state index is 12.4. The smallest absolute Gasteiger partial charge is 0.291 e. The topological polar surface area (TPSA) is 72.5 Å². The van der Waals surface area contributed by atoms with Gasteiger partial charge >= 0.3 is 0 Å². The number of methoxy groups -OCH3 is 1. The van der Waals surface area contributed by atoms with E-state index in [1.807, 2.05) is 36.4 Å². The normalized spacial score (nSPS) is 13.3. The van der Waals surface area contributed by atoms with E-state index in [9.17, 15) is 4.79 Å². The lowest BCUT2D eigenvalue weighted by Crippen LogP contribution is -2.33. The van der Waals surface area contributed by atoms with Gasteiger partial charge in [-0.15, -0.1) is 0 Å². The Balaban J connectivity index is 1.43. The minimum Gasteiger partial charge on any atom is -0.495 e. The van der Waals surface area contributed by atoms with Gasteiger partial charge in [0.25, 0.3) is 5.91 Å². The number of nitrogens with zero attached hydrogens (tertiary/aromatic N) is 3. The maximum Gasteiger partial charge on any atom is 0.291 e. The molecule has 1 aliphatic rings. The number of amides is 1. The number of nitrogens with one attached hydrogen (secondary N) is 1. The molecule has 5 rings (SSSR count). The Morgan fingerprint density at radius 1 is 1.14 bits per heavy atom. The molecule has 0 saturated carbocycles. The monoisotopic (exact) mass is 388 g/mol. The molecular formula is C22H20N4O3. The summed E-state index contributed by atoms with van der Waals surface area (Å²) in [6, 6.07) is 17.3. The predicted molar refractivity (Wildman–Crippen MR) is 110 cm³/mol. The van der Waals surface area contributed by atoms with Crippen LogP contribution in [0.5, 0.6) is 5.75 Å². The van der Waals surface area contributed by atoms with Crippen LogP contribution in [0.2, 0.25) is 0 Å². The lowest BCUT2D eigenvalue weighted by Gasteiger charge is -2.30. The summed E-state index contributed by atoms with van der Waals surface area (Å²) in [5.41, 5.74) is 3.79. The molecule has 2 aromatic carbocycles. The second-order valence-electron chi connectivity index (χ2n) is 6.91. The Labute approximate surface area is 167 Å². The number of carbonyl (C=O) groups excluding carboxylic acids is 1. The van der Waals surface area contributed by atoms with Crippen molar-refractivity contribution in [3.05, 3.63) is 72.4 Å². The van der Waals surface area contributed by atoms with Gasteiger partial charge in [0.1, 0.15) is 11.6 Å². The number of imidazole rings is 1. The highest BCUT2D eigenvalue weighted by molar-refractivity contribution is 6.03. The third-order valence-electron chi connectivity index (χ3n) is 5.20. The summed E-state index contributed by atoms with van der Waals surface area (Å²) in [5.74, 6) is 1.57. The van der Waals surface area contributed by atoms with Crippen LogP contribution in [0.4, 0.5) is 11.4 Å². The zero-order valence-corrected chi connectivity index (χ0v) is 16.0. The zero-order chi connectivity index (χ0) is 19.8. The summed E-state index contributed by atoms with van der Waals surface area (Å²) in [4.78, 5) is 19.4. The Kier molecular flexibility index (Phi) is 4.20. The van der Waals surface area contributed by atoms with Crippen molar-refractivity contribution in [3.8, 4) is 5.75 Å². The Morgan fingerprint density at radius 2 is 2.03 bits per heavy atom. The van der Waals surface area contributed by atoms with E-state index < -0.39 is 0 Å². The molecule has 1 amide bonds. The van der Waals surface area contributed by atoms with Crippen LogP contribution in [0, 0.1) is 0 Å². The first-order valence-electron chi connectivity index (χ1n) is 9.45. The van der Waals surface area contributed by atoms with Gasteiger partial charge in [-0.1, -0.05) is 12.1 Å². The van der Waals surface area contributed by atoms with E-state index >= 15 is 0 Å². The number of ether oxygens (including phenoxy) is 1. The van der Waals surface area contributed by atoms with E-state index in [-0.39, 0.29) is 11.7 Å². The van der Waals surface area contributed by atoms with Crippen molar-refractivity contribution in [1.82, 2.24) is 9.55 Å². The number of furan rings is 1. The largest absolute Gasteiger partial charge is 0.495 e. The van der Waals surface area contributed by atoms with E-state index in [0.29, 0.717) is 18.0 Å². The number of fused-ring (bicyclic) bond motifs is 3. The summed E-state index contributed by atoms with van der Waals surface area (Å²) in [6.07, 6.45) is 1.47. The molecule has 7 heteroatoms. The van der Waals surface area contributed by atoms with Gasteiger partial charge in [0.2, 0.25) is 0 Å². The van der Waals surface area contributed by atoms with Gasteiger partial charge in [0.15, 0.2) is 5.76 Å². The second-order valence-corrected chi connectivity index (χ2v) is 6.91. The van der Waals surface area contributed by atoms with Gasteiger partial charge in [-0.05, 0) is 42.5 Å². The summed E-state index contributed by atoms with van der Waals surface area (Å²) in [5, 5.41) is 2.88. The van der Waals surface area contributed by atoms with Gasteiger partial charge in [0.05, 0.1) is 36.6 Å². The quantitative estimate of drug-likeness (QED) is 0.574. The third-order valence-corrected chi connectivity index (χ3v) is 5.20. The fraction of sp³-hybridized carbons (Fsp3) is 0.182. The average molecular weight is 388 g/mol. The number of rotatable bonds is 4. The Hall–Kier alpha value is -3.74. The molecule has 3 heterocycles. The molecule has 2 aromatic heterocycles. The molecule has 0 aliphatic carbocycles. The summed E-state index contributed by atoms with van der Waals surface area (Å²) in [6.45, 7) is 2.41. The molecule has 1 aliphatic heterocycles. The van der Waals surface area contributed by atoms with Crippen LogP contribution in [0.15, 0.2) is 65.3 Å². The number of carbonyl (C=O) groups is 1.